The molecule has 0 bridgehead atoms. The summed E-state index contributed by atoms with van der Waals surface area (Å²) in [6.45, 7) is 3.66. The van der Waals surface area contributed by atoms with Crippen LogP contribution in [0.15, 0.2) is 17.1 Å². The number of hydrogen-bond acceptors (Lipinski definition) is 6. The lowest BCUT2D eigenvalue weighted by Gasteiger charge is -2.35. The van der Waals surface area contributed by atoms with E-state index in [1.807, 2.05) is 0 Å². The fourth-order valence-electron chi connectivity index (χ4n) is 4.26. The third-order valence-corrected chi connectivity index (χ3v) is 5.92. The lowest BCUT2D eigenvalue weighted by atomic mass is 10.1. The van der Waals surface area contributed by atoms with Crippen molar-refractivity contribution in [1.29, 1.82) is 0 Å². The van der Waals surface area contributed by atoms with E-state index >= 15 is 0 Å². The first-order chi connectivity index (χ1) is 17.2. The quantitative estimate of drug-likeness (QED) is 0.563. The molecule has 0 radical (unpaired) electrons. The number of rotatable bonds is 3. The minimum Gasteiger partial charge on any atom is -0.444 e. The van der Waals surface area contributed by atoms with E-state index in [0.29, 0.717) is 4.68 Å². The molecule has 2 atom stereocenters. The van der Waals surface area contributed by atoms with Gasteiger partial charge in [-0.25, -0.2) is 28.0 Å². The number of carbonyl (C=O) groups excluding carboxylic acids is 2. The number of aromatic nitrogens is 4. The van der Waals surface area contributed by atoms with Gasteiger partial charge in [0.2, 0.25) is 5.91 Å². The number of alkyl halides is 4. The second kappa shape index (κ2) is 9.41. The molecule has 4 rings (SSSR count). The van der Waals surface area contributed by atoms with Crippen LogP contribution in [-0.4, -0.2) is 72.5 Å². The smallest absolute Gasteiger partial charge is 0.436 e. The summed E-state index contributed by atoms with van der Waals surface area (Å²) in [6, 6.07) is -0.299. The lowest BCUT2D eigenvalue weighted by Crippen LogP contribution is -2.51. The highest BCUT2D eigenvalue weighted by molar-refractivity contribution is 5.82. The van der Waals surface area contributed by atoms with Crippen LogP contribution in [0.4, 0.5) is 26.7 Å². The van der Waals surface area contributed by atoms with Crippen LogP contribution >= 0.6 is 0 Å². The monoisotopic (exact) mass is 532 g/mol. The number of pyridine rings is 1. The molecule has 202 valence electrons. The summed E-state index contributed by atoms with van der Waals surface area (Å²) >= 11 is 0. The van der Waals surface area contributed by atoms with Gasteiger partial charge in [0.05, 0.1) is 26.2 Å². The molecule has 0 spiro atoms. The highest BCUT2D eigenvalue weighted by Gasteiger charge is 2.41. The van der Waals surface area contributed by atoms with E-state index in [-0.39, 0.29) is 38.4 Å². The van der Waals surface area contributed by atoms with Crippen molar-refractivity contribution in [3.8, 4) is 0 Å². The summed E-state index contributed by atoms with van der Waals surface area (Å²) in [5.41, 5.74) is -3.98. The Labute approximate surface area is 207 Å². The Morgan fingerprint density at radius 2 is 1.86 bits per heavy atom. The van der Waals surface area contributed by atoms with E-state index in [1.165, 1.54) is 4.90 Å². The topological polar surface area (TPSA) is 103 Å². The molecule has 0 aliphatic carbocycles. The number of amides is 2. The summed E-state index contributed by atoms with van der Waals surface area (Å²) in [6.07, 6.45) is -6.17. The zero-order valence-corrected chi connectivity index (χ0v) is 20.3. The highest BCUT2D eigenvalue weighted by atomic mass is 19.4. The number of ether oxygens (including phenoxy) is 1. The molecule has 2 amide bonds. The Balaban J connectivity index is 1.71. The minimum atomic E-state index is -5.05. The van der Waals surface area contributed by atoms with Crippen molar-refractivity contribution in [2.45, 2.75) is 64.3 Å². The third-order valence-electron chi connectivity index (χ3n) is 5.92. The first-order valence-electron chi connectivity index (χ1n) is 11.5. The maximum Gasteiger partial charge on any atom is 0.436 e. The lowest BCUT2D eigenvalue weighted by molar-refractivity contribution is -0.143. The number of hydrogen-bond donors (Lipinski definition) is 0. The molecule has 2 aliphatic rings. The molecular weight excluding hydrogens is 507 g/mol. The van der Waals surface area contributed by atoms with Gasteiger partial charge in [-0.2, -0.15) is 18.3 Å². The van der Waals surface area contributed by atoms with Crippen LogP contribution in [0.1, 0.15) is 50.3 Å². The first-order valence-corrected chi connectivity index (χ1v) is 11.5. The van der Waals surface area contributed by atoms with Gasteiger partial charge < -0.3 is 9.64 Å². The molecule has 1 fully saturated rings. The van der Waals surface area contributed by atoms with Crippen LogP contribution in [-0.2, 0) is 28.8 Å². The van der Waals surface area contributed by atoms with Crippen LogP contribution in [0.25, 0.3) is 0 Å². The predicted molar refractivity (Wildman–Crippen MR) is 117 cm³/mol. The van der Waals surface area contributed by atoms with Crippen molar-refractivity contribution in [3.05, 3.63) is 45.6 Å². The first kappa shape index (κ1) is 26.5. The molecule has 2 aromatic heterocycles. The van der Waals surface area contributed by atoms with E-state index in [2.05, 4.69) is 10.1 Å². The molecule has 2 aliphatic heterocycles. The maximum absolute atomic E-state index is 14.5. The van der Waals surface area contributed by atoms with Crippen LogP contribution in [0.3, 0.4) is 0 Å². The average Bonchev–Trinajstić information content (AvgIpc) is 3.35. The van der Waals surface area contributed by atoms with Gasteiger partial charge in [0, 0.05) is 18.3 Å². The van der Waals surface area contributed by atoms with Crippen LogP contribution in [0.2, 0.25) is 0 Å². The largest absolute Gasteiger partial charge is 0.444 e. The van der Waals surface area contributed by atoms with Gasteiger partial charge in [0.15, 0.2) is 17.3 Å². The molecule has 15 heteroatoms. The normalized spacial score (nSPS) is 20.2. The summed E-state index contributed by atoms with van der Waals surface area (Å²) in [5, 5.41) is 4.09. The summed E-state index contributed by atoms with van der Waals surface area (Å²) in [7, 11) is 0. The van der Waals surface area contributed by atoms with Crippen molar-refractivity contribution >= 4 is 12.0 Å². The van der Waals surface area contributed by atoms with E-state index in [0.717, 1.165) is 21.7 Å². The Bertz CT molecular complexity index is 1270. The van der Waals surface area contributed by atoms with Crippen molar-refractivity contribution in [3.63, 3.8) is 0 Å². The summed E-state index contributed by atoms with van der Waals surface area (Å²) in [4.78, 5) is 44.7. The Morgan fingerprint density at radius 3 is 2.46 bits per heavy atom. The van der Waals surface area contributed by atoms with Crippen molar-refractivity contribution < 1.29 is 36.3 Å². The van der Waals surface area contributed by atoms with E-state index < -0.39 is 65.3 Å². The van der Waals surface area contributed by atoms with Gasteiger partial charge in [0.25, 0.3) is 0 Å². The van der Waals surface area contributed by atoms with Crippen LogP contribution in [0, 0.1) is 5.82 Å². The van der Waals surface area contributed by atoms with Crippen LogP contribution < -0.4 is 5.69 Å². The average molecular weight is 532 g/mol. The standard InChI is InChI=1S/C22H25F5N6O4/c1-21(2,3)37-20(36)31-10-14(18(34)30-7-5-13(23)9-30)33-15(11-31)29-32(19(33)35)8-12-4-6-28-17(16(12)24)22(25,26)27/h4,6,13-14H,5,7-11H2,1-3H3/t13-,14?/m0/s1. The van der Waals surface area contributed by atoms with Crippen LogP contribution in [0.5, 0.6) is 0 Å². The van der Waals surface area contributed by atoms with Gasteiger partial charge in [-0.1, -0.05) is 0 Å². The number of fused-ring (bicyclic) bond motifs is 1. The number of likely N-dealkylation sites (tertiary alicyclic amines) is 1. The third kappa shape index (κ3) is 5.44. The van der Waals surface area contributed by atoms with Gasteiger partial charge in [0.1, 0.15) is 17.8 Å². The molecule has 2 aromatic rings. The molecule has 37 heavy (non-hydrogen) atoms. The fraction of sp³-hybridized carbons (Fsp3) is 0.591. The second-order valence-electron chi connectivity index (χ2n) is 9.90. The SMILES string of the molecule is CC(C)(C)OC(=O)N1Cc2nn(Cc3ccnc(C(F)(F)F)c3F)c(=O)n2C(C(=O)N2CC[C@H](F)C2)C1. The number of carbonyl (C=O) groups is 2. The Hall–Kier alpha value is -3.52. The summed E-state index contributed by atoms with van der Waals surface area (Å²) < 4.78 is 74.7. The zero-order chi connectivity index (χ0) is 27.3. The fourth-order valence-corrected chi connectivity index (χ4v) is 4.26. The molecule has 10 nitrogen and oxygen atoms in total. The van der Waals surface area contributed by atoms with E-state index in [4.69, 9.17) is 4.74 Å². The molecule has 0 aromatic carbocycles. The molecular formula is C22H25F5N6O4. The molecule has 1 saturated heterocycles. The molecule has 0 saturated carbocycles. The van der Waals surface area contributed by atoms with Gasteiger partial charge in [-0.05, 0) is 33.3 Å². The summed E-state index contributed by atoms with van der Waals surface area (Å²) in [5.74, 6) is -2.32. The zero-order valence-electron chi connectivity index (χ0n) is 20.3. The molecule has 0 N–H and O–H groups in total. The Morgan fingerprint density at radius 1 is 1.16 bits per heavy atom. The molecule has 4 heterocycles. The van der Waals surface area contributed by atoms with Gasteiger partial charge in [-0.3, -0.25) is 14.3 Å². The number of halogens is 5. The maximum atomic E-state index is 14.5. The minimum absolute atomic E-state index is 0.0537. The van der Waals surface area contributed by atoms with Gasteiger partial charge in [-0.15, -0.1) is 0 Å². The highest BCUT2D eigenvalue weighted by Crippen LogP contribution is 2.31. The number of nitrogens with zero attached hydrogens (tertiary/aromatic N) is 6. The second-order valence-corrected chi connectivity index (χ2v) is 9.90. The Kier molecular flexibility index (Phi) is 6.75. The van der Waals surface area contributed by atoms with Crippen molar-refractivity contribution in [1.82, 2.24) is 29.1 Å². The predicted octanol–water partition coefficient (Wildman–Crippen LogP) is 2.51. The molecule has 1 unspecified atom stereocenters. The van der Waals surface area contributed by atoms with E-state index in [9.17, 15) is 36.3 Å². The van der Waals surface area contributed by atoms with E-state index in [1.54, 1.807) is 20.8 Å². The van der Waals surface area contributed by atoms with Gasteiger partial charge >= 0.3 is 18.0 Å². The van der Waals surface area contributed by atoms with Crippen molar-refractivity contribution in [2.24, 2.45) is 0 Å². The van der Waals surface area contributed by atoms with Crippen molar-refractivity contribution in [2.75, 3.05) is 19.6 Å².